The van der Waals surface area contributed by atoms with Gasteiger partial charge >= 0.3 is 0 Å². The summed E-state index contributed by atoms with van der Waals surface area (Å²) in [7, 11) is 0. The predicted molar refractivity (Wildman–Crippen MR) is 81.9 cm³/mol. The molecule has 1 aromatic carbocycles. The summed E-state index contributed by atoms with van der Waals surface area (Å²) in [6.45, 7) is 5.82. The molecule has 5 heteroatoms. The first-order valence-electron chi connectivity index (χ1n) is 6.01. The number of benzene rings is 1. The van der Waals surface area contributed by atoms with Crippen molar-refractivity contribution in [2.45, 2.75) is 26.1 Å². The summed E-state index contributed by atoms with van der Waals surface area (Å²) in [5, 5.41) is 4.02. The van der Waals surface area contributed by atoms with E-state index in [-0.39, 0.29) is 12.2 Å². The van der Waals surface area contributed by atoms with E-state index < -0.39 is 0 Å². The zero-order valence-corrected chi connectivity index (χ0v) is 12.9. The lowest BCUT2D eigenvalue weighted by atomic mass is 10.2. The lowest BCUT2D eigenvalue weighted by molar-refractivity contribution is -0.0473. The van der Waals surface area contributed by atoms with E-state index in [0.717, 1.165) is 28.4 Å². The van der Waals surface area contributed by atoms with Crippen LogP contribution in [0.1, 0.15) is 13.8 Å². The number of rotatable bonds is 1. The van der Waals surface area contributed by atoms with E-state index in [9.17, 15) is 0 Å². The Kier molecular flexibility index (Phi) is 4.59. The molecule has 0 aromatic heterocycles. The van der Waals surface area contributed by atoms with Gasteiger partial charge in [-0.05, 0) is 44.3 Å². The molecule has 0 amide bonds. The highest BCUT2D eigenvalue weighted by Crippen LogP contribution is 2.17. The molecule has 1 N–H and O–H groups in total. The van der Waals surface area contributed by atoms with Crippen LogP contribution in [0.15, 0.2) is 28.7 Å². The van der Waals surface area contributed by atoms with Crippen molar-refractivity contribution in [2.75, 3.05) is 18.4 Å². The molecule has 1 saturated heterocycles. The van der Waals surface area contributed by atoms with Crippen molar-refractivity contribution in [1.82, 2.24) is 4.90 Å². The average molecular weight is 329 g/mol. The molecule has 1 heterocycles. The summed E-state index contributed by atoms with van der Waals surface area (Å²) in [6.07, 6.45) is 0.437. The predicted octanol–water partition coefficient (Wildman–Crippen LogP) is 3.26. The van der Waals surface area contributed by atoms with Gasteiger partial charge in [-0.15, -0.1) is 0 Å². The Morgan fingerprint density at radius 1 is 1.39 bits per heavy atom. The van der Waals surface area contributed by atoms with Crippen LogP contribution in [0.5, 0.6) is 0 Å². The van der Waals surface area contributed by atoms with Crippen LogP contribution in [0.2, 0.25) is 0 Å². The molecule has 0 aliphatic carbocycles. The quantitative estimate of drug-likeness (QED) is 0.800. The molecule has 0 spiro atoms. The lowest BCUT2D eigenvalue weighted by Crippen LogP contribution is -2.49. The van der Waals surface area contributed by atoms with Crippen LogP contribution < -0.4 is 5.32 Å². The summed E-state index contributed by atoms with van der Waals surface area (Å²) in [5.74, 6) is 0. The molecule has 0 radical (unpaired) electrons. The van der Waals surface area contributed by atoms with Crippen LogP contribution in [0.25, 0.3) is 0 Å². The number of halogens is 1. The number of ether oxygens (including phenoxy) is 1. The van der Waals surface area contributed by atoms with Crippen molar-refractivity contribution in [2.24, 2.45) is 0 Å². The fraction of sp³-hybridized carbons (Fsp3) is 0.462. The molecule has 1 aliphatic rings. The Labute approximate surface area is 122 Å². The molecule has 2 atom stereocenters. The maximum atomic E-state index is 5.70. The van der Waals surface area contributed by atoms with Gasteiger partial charge in [0.2, 0.25) is 0 Å². The summed E-state index contributed by atoms with van der Waals surface area (Å²) in [4.78, 5) is 2.16. The van der Waals surface area contributed by atoms with Crippen molar-refractivity contribution >= 4 is 38.9 Å². The second-order valence-corrected chi connectivity index (χ2v) is 5.91. The van der Waals surface area contributed by atoms with Gasteiger partial charge in [0, 0.05) is 23.2 Å². The van der Waals surface area contributed by atoms with E-state index in [0.29, 0.717) is 0 Å². The monoisotopic (exact) mass is 328 g/mol. The first-order chi connectivity index (χ1) is 8.54. The van der Waals surface area contributed by atoms with Crippen molar-refractivity contribution in [1.29, 1.82) is 0 Å². The molecule has 98 valence electrons. The standard InChI is InChI=1S/C13H17BrN2OS/c1-9-7-16(8-10(2)17-9)13(18)15-12-5-3-4-11(14)6-12/h3-6,9-10H,7-8H2,1-2H3,(H,15,18)/t9-,10-/m0/s1. The summed E-state index contributed by atoms with van der Waals surface area (Å²) in [5.41, 5.74) is 1.00. The van der Waals surface area contributed by atoms with E-state index in [1.807, 2.05) is 24.3 Å². The second kappa shape index (κ2) is 5.99. The van der Waals surface area contributed by atoms with E-state index in [4.69, 9.17) is 17.0 Å². The van der Waals surface area contributed by atoms with Crippen molar-refractivity contribution < 1.29 is 4.74 Å². The average Bonchev–Trinajstić information content (AvgIpc) is 2.27. The van der Waals surface area contributed by atoms with Crippen molar-refractivity contribution in [3.63, 3.8) is 0 Å². The van der Waals surface area contributed by atoms with Gasteiger partial charge in [-0.3, -0.25) is 0 Å². The second-order valence-electron chi connectivity index (χ2n) is 4.60. The zero-order chi connectivity index (χ0) is 13.1. The Balaban J connectivity index is 1.99. The molecule has 18 heavy (non-hydrogen) atoms. The van der Waals surface area contributed by atoms with Crippen LogP contribution in [0.4, 0.5) is 5.69 Å². The first-order valence-corrected chi connectivity index (χ1v) is 7.21. The molecule has 3 nitrogen and oxygen atoms in total. The molecule has 1 aromatic rings. The van der Waals surface area contributed by atoms with Gasteiger partial charge in [0.15, 0.2) is 5.11 Å². The smallest absolute Gasteiger partial charge is 0.173 e. The fourth-order valence-electron chi connectivity index (χ4n) is 2.11. The highest BCUT2D eigenvalue weighted by atomic mass is 79.9. The normalized spacial score (nSPS) is 23.8. The molecule has 0 unspecified atom stereocenters. The maximum Gasteiger partial charge on any atom is 0.173 e. The van der Waals surface area contributed by atoms with Crippen LogP contribution in [-0.2, 0) is 4.74 Å². The largest absolute Gasteiger partial charge is 0.372 e. The Hall–Kier alpha value is -0.650. The topological polar surface area (TPSA) is 24.5 Å². The number of hydrogen-bond acceptors (Lipinski definition) is 2. The number of nitrogens with one attached hydrogen (secondary N) is 1. The SMILES string of the molecule is C[C@H]1CN(C(=S)Nc2cccc(Br)c2)C[C@H](C)O1. The van der Waals surface area contributed by atoms with E-state index >= 15 is 0 Å². The van der Waals surface area contributed by atoms with Crippen molar-refractivity contribution in [3.05, 3.63) is 28.7 Å². The van der Waals surface area contributed by atoms with Crippen LogP contribution in [-0.4, -0.2) is 35.3 Å². The summed E-state index contributed by atoms with van der Waals surface area (Å²) in [6, 6.07) is 8.00. The van der Waals surface area contributed by atoms with Crippen molar-refractivity contribution in [3.8, 4) is 0 Å². The number of hydrogen-bond donors (Lipinski definition) is 1. The van der Waals surface area contributed by atoms with Gasteiger partial charge in [0.25, 0.3) is 0 Å². The van der Waals surface area contributed by atoms with Gasteiger partial charge < -0.3 is 15.0 Å². The van der Waals surface area contributed by atoms with Gasteiger partial charge in [0.05, 0.1) is 12.2 Å². The highest BCUT2D eigenvalue weighted by Gasteiger charge is 2.23. The first kappa shape index (κ1) is 13.8. The highest BCUT2D eigenvalue weighted by molar-refractivity contribution is 9.10. The van der Waals surface area contributed by atoms with E-state index in [1.54, 1.807) is 0 Å². The third-order valence-electron chi connectivity index (χ3n) is 2.78. The third-order valence-corrected chi connectivity index (χ3v) is 3.64. The minimum absolute atomic E-state index is 0.219. The minimum atomic E-state index is 0.219. The molecule has 1 fully saturated rings. The Morgan fingerprint density at radius 3 is 2.67 bits per heavy atom. The van der Waals surface area contributed by atoms with Gasteiger partial charge in [-0.25, -0.2) is 0 Å². The number of nitrogens with zero attached hydrogens (tertiary/aromatic N) is 1. The van der Waals surface area contributed by atoms with Gasteiger partial charge in [0.1, 0.15) is 0 Å². The molecular weight excluding hydrogens is 312 g/mol. The summed E-state index contributed by atoms with van der Waals surface area (Å²) < 4.78 is 6.74. The lowest BCUT2D eigenvalue weighted by Gasteiger charge is -2.36. The fourth-order valence-corrected chi connectivity index (χ4v) is 2.78. The zero-order valence-electron chi connectivity index (χ0n) is 10.5. The molecule has 0 bridgehead atoms. The number of thiocarbonyl (C=S) groups is 1. The molecule has 1 aliphatic heterocycles. The number of anilines is 1. The molecule has 2 rings (SSSR count). The summed E-state index contributed by atoms with van der Waals surface area (Å²) >= 11 is 8.90. The maximum absolute atomic E-state index is 5.70. The third kappa shape index (κ3) is 3.67. The van der Waals surface area contributed by atoms with Crippen LogP contribution in [0, 0.1) is 0 Å². The molecule has 0 saturated carbocycles. The molecular formula is C13H17BrN2OS. The van der Waals surface area contributed by atoms with Crippen LogP contribution in [0.3, 0.4) is 0 Å². The number of morpholine rings is 1. The Bertz CT molecular complexity index is 431. The Morgan fingerprint density at radius 2 is 2.06 bits per heavy atom. The van der Waals surface area contributed by atoms with Gasteiger partial charge in [-0.1, -0.05) is 22.0 Å². The minimum Gasteiger partial charge on any atom is -0.372 e. The van der Waals surface area contributed by atoms with Crippen LogP contribution >= 0.6 is 28.1 Å². The van der Waals surface area contributed by atoms with E-state index in [2.05, 4.69) is 40.0 Å². The van der Waals surface area contributed by atoms with E-state index in [1.165, 1.54) is 0 Å². The van der Waals surface area contributed by atoms with Gasteiger partial charge in [-0.2, -0.15) is 0 Å².